The molecule has 0 saturated carbocycles. The molecule has 0 aliphatic carbocycles. The Morgan fingerprint density at radius 1 is 1.17 bits per heavy atom. The van der Waals surface area contributed by atoms with E-state index in [-0.39, 0.29) is 0 Å². The number of hydrogen-bond acceptors (Lipinski definition) is 1. The number of quaternary nitrogens is 1. The van der Waals surface area contributed by atoms with E-state index in [2.05, 4.69) is 34.2 Å². The highest BCUT2D eigenvalue weighted by atomic mass is 32.2. The first-order valence-corrected chi connectivity index (χ1v) is 7.87. The number of thioether (sulfide) groups is 1. The first-order valence-electron chi connectivity index (χ1n) is 6.88. The van der Waals surface area contributed by atoms with Crippen LogP contribution in [0.15, 0.2) is 29.4 Å². The van der Waals surface area contributed by atoms with Crippen molar-refractivity contribution in [1.29, 1.82) is 0 Å². The molecule has 18 heavy (non-hydrogen) atoms. The van der Waals surface area contributed by atoms with E-state index in [1.165, 1.54) is 60.8 Å². The van der Waals surface area contributed by atoms with Crippen molar-refractivity contribution < 1.29 is 9.88 Å². The number of likely N-dealkylation sites (tertiary alicyclic amines) is 1. The van der Waals surface area contributed by atoms with E-state index >= 15 is 0 Å². The number of piperidine rings is 1. The average Bonchev–Trinajstić information content (AvgIpc) is 2.82. The first kappa shape index (κ1) is 12.1. The van der Waals surface area contributed by atoms with E-state index < -0.39 is 0 Å². The Hall–Kier alpha value is -1.00. The van der Waals surface area contributed by atoms with Gasteiger partial charge in [0.05, 0.1) is 25.4 Å². The molecule has 96 valence electrons. The third-order valence-electron chi connectivity index (χ3n) is 3.69. The molecular formula is C14H21N3S+2. The van der Waals surface area contributed by atoms with E-state index in [9.17, 15) is 0 Å². The Balaban J connectivity index is 1.53. The molecule has 4 heteroatoms. The second kappa shape index (κ2) is 5.76. The summed E-state index contributed by atoms with van der Waals surface area (Å²) >= 11 is 1.91. The van der Waals surface area contributed by atoms with Gasteiger partial charge in [-0.15, -0.1) is 0 Å². The summed E-state index contributed by atoms with van der Waals surface area (Å²) in [5.74, 6) is 1.19. The second-order valence-corrected chi connectivity index (χ2v) is 6.14. The number of nitrogens with one attached hydrogen (secondary N) is 3. The maximum absolute atomic E-state index is 3.43. The molecule has 3 rings (SSSR count). The van der Waals surface area contributed by atoms with Crippen molar-refractivity contribution in [3.63, 3.8) is 0 Å². The smallest absolute Gasteiger partial charge is 0.314 e. The highest BCUT2D eigenvalue weighted by molar-refractivity contribution is 7.99. The van der Waals surface area contributed by atoms with E-state index in [1.54, 1.807) is 4.90 Å². The zero-order valence-corrected chi connectivity index (χ0v) is 11.5. The Kier molecular flexibility index (Phi) is 3.86. The third kappa shape index (κ3) is 2.87. The van der Waals surface area contributed by atoms with Crippen molar-refractivity contribution >= 4 is 22.8 Å². The Morgan fingerprint density at radius 3 is 2.83 bits per heavy atom. The Bertz CT molecular complexity index is 469. The molecule has 0 unspecified atom stereocenters. The van der Waals surface area contributed by atoms with Crippen LogP contribution in [0, 0.1) is 0 Å². The number of aromatic nitrogens is 2. The van der Waals surface area contributed by atoms with Crippen molar-refractivity contribution in [3.05, 3.63) is 24.3 Å². The Labute approximate surface area is 112 Å². The molecule has 1 aliphatic heterocycles. The molecule has 0 atom stereocenters. The summed E-state index contributed by atoms with van der Waals surface area (Å²) in [6.45, 7) is 4.03. The summed E-state index contributed by atoms with van der Waals surface area (Å²) in [5, 5.41) is 1.19. The van der Waals surface area contributed by atoms with Crippen molar-refractivity contribution in [2.75, 3.05) is 25.4 Å². The van der Waals surface area contributed by atoms with Gasteiger partial charge in [0, 0.05) is 0 Å². The molecule has 0 bridgehead atoms. The number of aromatic amines is 2. The minimum atomic E-state index is 1.19. The van der Waals surface area contributed by atoms with Crippen molar-refractivity contribution in [1.82, 2.24) is 4.98 Å². The molecule has 1 saturated heterocycles. The molecule has 2 aromatic rings. The zero-order valence-electron chi connectivity index (χ0n) is 10.7. The lowest BCUT2D eigenvalue weighted by Gasteiger charge is -2.22. The maximum Gasteiger partial charge on any atom is 0.314 e. The van der Waals surface area contributed by atoms with Crippen LogP contribution >= 0.6 is 11.8 Å². The monoisotopic (exact) mass is 263 g/mol. The highest BCUT2D eigenvalue weighted by Crippen LogP contribution is 2.14. The summed E-state index contributed by atoms with van der Waals surface area (Å²) in [6.07, 6.45) is 4.27. The highest BCUT2D eigenvalue weighted by Gasteiger charge is 2.15. The van der Waals surface area contributed by atoms with Crippen LogP contribution in [0.25, 0.3) is 11.0 Å². The van der Waals surface area contributed by atoms with Gasteiger partial charge in [-0.2, -0.15) is 0 Å². The van der Waals surface area contributed by atoms with Crippen LogP contribution in [-0.2, 0) is 0 Å². The van der Waals surface area contributed by atoms with Crippen LogP contribution in [0.5, 0.6) is 0 Å². The standard InChI is InChI=1S/C14H19N3S/c1-4-8-17(9-5-1)10-11-18-14-15-12-6-2-3-7-13(12)16-14/h2-3,6-7H,1,4-5,8-11H2,(H,15,16)/p+2. The van der Waals surface area contributed by atoms with Crippen molar-refractivity contribution in [2.24, 2.45) is 0 Å². The van der Waals surface area contributed by atoms with Crippen LogP contribution in [-0.4, -0.2) is 30.4 Å². The largest absolute Gasteiger partial charge is 0.334 e. The van der Waals surface area contributed by atoms with Gasteiger partial charge >= 0.3 is 5.16 Å². The molecule has 2 heterocycles. The van der Waals surface area contributed by atoms with Crippen LogP contribution < -0.4 is 9.88 Å². The lowest BCUT2D eigenvalue weighted by molar-refractivity contribution is -0.902. The lowest BCUT2D eigenvalue weighted by atomic mass is 10.1. The predicted molar refractivity (Wildman–Crippen MR) is 75.0 cm³/mol. The Morgan fingerprint density at radius 2 is 2.00 bits per heavy atom. The molecule has 3 nitrogen and oxygen atoms in total. The summed E-state index contributed by atoms with van der Waals surface area (Å²) in [7, 11) is 0. The minimum absolute atomic E-state index is 1.19. The van der Waals surface area contributed by atoms with Gasteiger partial charge in [-0.25, -0.2) is 9.97 Å². The molecule has 0 spiro atoms. The van der Waals surface area contributed by atoms with E-state index in [1.807, 2.05) is 11.8 Å². The topological polar surface area (TPSA) is 34.4 Å². The van der Waals surface area contributed by atoms with Crippen LogP contribution in [0.2, 0.25) is 0 Å². The zero-order chi connectivity index (χ0) is 12.2. The third-order valence-corrected chi connectivity index (χ3v) is 4.59. The lowest BCUT2D eigenvalue weighted by Crippen LogP contribution is -3.13. The minimum Gasteiger partial charge on any atom is -0.334 e. The second-order valence-electron chi connectivity index (χ2n) is 5.03. The van der Waals surface area contributed by atoms with Gasteiger partial charge in [0.15, 0.2) is 11.0 Å². The fraction of sp³-hybridized carbons (Fsp3) is 0.500. The van der Waals surface area contributed by atoms with E-state index in [4.69, 9.17) is 0 Å². The van der Waals surface area contributed by atoms with Crippen molar-refractivity contribution in [2.45, 2.75) is 24.4 Å². The fourth-order valence-corrected chi connectivity index (χ4v) is 3.61. The van der Waals surface area contributed by atoms with Gasteiger partial charge in [0.1, 0.15) is 0 Å². The van der Waals surface area contributed by atoms with Gasteiger partial charge < -0.3 is 4.90 Å². The number of H-pyrrole nitrogens is 2. The van der Waals surface area contributed by atoms with Gasteiger partial charge in [0.2, 0.25) is 0 Å². The average molecular weight is 263 g/mol. The maximum atomic E-state index is 3.43. The number of hydrogen-bond donors (Lipinski definition) is 2. The SMILES string of the molecule is c1ccc2[nH+]c(SCC[NH+]3CCCCC3)[nH]c2c1. The molecule has 0 radical (unpaired) electrons. The van der Waals surface area contributed by atoms with E-state index in [0.717, 1.165) is 0 Å². The summed E-state index contributed by atoms with van der Waals surface area (Å²) in [4.78, 5) is 8.65. The first-order chi connectivity index (χ1) is 8.92. The van der Waals surface area contributed by atoms with E-state index in [0.29, 0.717) is 0 Å². The molecule has 1 aromatic carbocycles. The van der Waals surface area contributed by atoms with Gasteiger partial charge in [-0.05, 0) is 43.2 Å². The number of para-hydroxylation sites is 2. The van der Waals surface area contributed by atoms with Gasteiger partial charge in [-0.1, -0.05) is 12.1 Å². The van der Waals surface area contributed by atoms with Gasteiger partial charge in [-0.3, -0.25) is 0 Å². The number of fused-ring (bicyclic) bond motifs is 1. The van der Waals surface area contributed by atoms with Crippen LogP contribution in [0.3, 0.4) is 0 Å². The predicted octanol–water partition coefficient (Wildman–Crippen LogP) is 1.14. The molecule has 3 N–H and O–H groups in total. The molecular weight excluding hydrogens is 242 g/mol. The van der Waals surface area contributed by atoms with Crippen molar-refractivity contribution in [3.8, 4) is 0 Å². The summed E-state index contributed by atoms with van der Waals surface area (Å²) in [5.41, 5.74) is 2.40. The van der Waals surface area contributed by atoms with Gasteiger partial charge in [0.25, 0.3) is 0 Å². The molecule has 1 aromatic heterocycles. The van der Waals surface area contributed by atoms with Crippen LogP contribution in [0.4, 0.5) is 0 Å². The molecule has 1 fully saturated rings. The normalized spacial score (nSPS) is 17.3. The number of benzene rings is 1. The molecule has 0 amide bonds. The quantitative estimate of drug-likeness (QED) is 0.797. The summed E-state index contributed by atoms with van der Waals surface area (Å²) in [6, 6.07) is 8.37. The fourth-order valence-electron chi connectivity index (χ4n) is 2.65. The van der Waals surface area contributed by atoms with Crippen LogP contribution in [0.1, 0.15) is 19.3 Å². The number of rotatable bonds is 4. The number of imidazole rings is 1. The summed E-state index contributed by atoms with van der Waals surface area (Å²) < 4.78 is 0. The molecule has 1 aliphatic rings.